The van der Waals surface area contributed by atoms with Crippen molar-refractivity contribution in [1.82, 2.24) is 10.2 Å². The summed E-state index contributed by atoms with van der Waals surface area (Å²) in [6, 6.07) is 6.13. The lowest BCUT2D eigenvalue weighted by Crippen LogP contribution is -2.42. The topological polar surface area (TPSA) is 70.7 Å². The van der Waals surface area contributed by atoms with E-state index < -0.39 is 0 Å². The number of nitrogens with one attached hydrogen (secondary N) is 2. The van der Waals surface area contributed by atoms with Crippen molar-refractivity contribution in [3.05, 3.63) is 23.8 Å². The van der Waals surface area contributed by atoms with Gasteiger partial charge in [-0.25, -0.2) is 0 Å². The fourth-order valence-corrected chi connectivity index (χ4v) is 3.50. The molecule has 124 valence electrons. The highest BCUT2D eigenvalue weighted by Crippen LogP contribution is 2.29. The van der Waals surface area contributed by atoms with Gasteiger partial charge >= 0.3 is 0 Å². The van der Waals surface area contributed by atoms with Gasteiger partial charge in [-0.3, -0.25) is 14.5 Å². The summed E-state index contributed by atoms with van der Waals surface area (Å²) in [5, 5.41) is 5.86. The molecule has 2 N–H and O–H groups in total. The molecule has 3 rings (SSSR count). The average Bonchev–Trinajstić information content (AvgIpc) is 2.78. The number of carbonyl (C=O) groups excluding carboxylic acids is 2. The van der Waals surface area contributed by atoms with Crippen LogP contribution in [0.4, 0.5) is 5.69 Å². The van der Waals surface area contributed by atoms with Crippen LogP contribution in [0.15, 0.2) is 18.2 Å². The minimum atomic E-state index is -0.0693. The van der Waals surface area contributed by atoms with Gasteiger partial charge in [0.05, 0.1) is 19.3 Å². The lowest BCUT2D eigenvalue weighted by molar-refractivity contribution is -0.122. The van der Waals surface area contributed by atoms with Gasteiger partial charge in [0, 0.05) is 25.0 Å². The number of ether oxygens (including phenoxy) is 1. The molecular formula is C17H23N3O3. The number of methoxy groups -OCH3 is 1. The quantitative estimate of drug-likeness (QED) is 0.878. The number of amides is 2. The van der Waals surface area contributed by atoms with Crippen molar-refractivity contribution in [1.29, 1.82) is 0 Å². The zero-order chi connectivity index (χ0) is 16.4. The third kappa shape index (κ3) is 3.47. The predicted molar refractivity (Wildman–Crippen MR) is 87.5 cm³/mol. The SMILES string of the molecule is COc1ccc(C)cc1NC(=O)CN1[C@H]2CC[C@H]1CC(=O)NC2. The summed E-state index contributed by atoms with van der Waals surface area (Å²) in [5.41, 5.74) is 1.75. The summed E-state index contributed by atoms with van der Waals surface area (Å²) in [5.74, 6) is 0.669. The van der Waals surface area contributed by atoms with Gasteiger partial charge in [0.1, 0.15) is 5.75 Å². The van der Waals surface area contributed by atoms with Crippen LogP contribution in [0.1, 0.15) is 24.8 Å². The third-order valence-corrected chi connectivity index (χ3v) is 4.68. The van der Waals surface area contributed by atoms with Gasteiger partial charge in [0.15, 0.2) is 0 Å². The molecule has 23 heavy (non-hydrogen) atoms. The molecule has 2 bridgehead atoms. The number of nitrogens with zero attached hydrogens (tertiary/aromatic N) is 1. The Morgan fingerprint density at radius 2 is 2.17 bits per heavy atom. The standard InChI is InChI=1S/C17H23N3O3/c1-11-3-6-15(23-2)14(7-11)19-17(22)10-20-12-4-5-13(20)9-18-16(21)8-12/h3,6-7,12-13H,4-5,8-10H2,1-2H3,(H,18,21)(H,19,22)/t12-,13-/m0/s1. The first-order chi connectivity index (χ1) is 11.1. The van der Waals surface area contributed by atoms with Gasteiger partial charge in [-0.2, -0.15) is 0 Å². The van der Waals surface area contributed by atoms with Gasteiger partial charge in [-0.1, -0.05) is 6.07 Å². The summed E-state index contributed by atoms with van der Waals surface area (Å²) >= 11 is 0. The molecule has 0 spiro atoms. The molecule has 2 aliphatic rings. The van der Waals surface area contributed by atoms with Crippen LogP contribution < -0.4 is 15.4 Å². The highest BCUT2D eigenvalue weighted by Gasteiger charge is 2.38. The molecule has 6 nitrogen and oxygen atoms in total. The Hall–Kier alpha value is -2.08. The molecule has 2 atom stereocenters. The Kier molecular flexibility index (Phi) is 4.52. The van der Waals surface area contributed by atoms with E-state index in [9.17, 15) is 9.59 Å². The Labute approximate surface area is 136 Å². The predicted octanol–water partition coefficient (Wildman–Crippen LogP) is 1.30. The van der Waals surface area contributed by atoms with Gasteiger partial charge in [-0.15, -0.1) is 0 Å². The highest BCUT2D eigenvalue weighted by atomic mass is 16.5. The van der Waals surface area contributed by atoms with Crippen LogP contribution in [-0.4, -0.2) is 49.0 Å². The second kappa shape index (κ2) is 6.58. The number of carbonyl (C=O) groups is 2. The van der Waals surface area contributed by atoms with E-state index in [1.54, 1.807) is 7.11 Å². The second-order valence-electron chi connectivity index (χ2n) is 6.32. The van der Waals surface area contributed by atoms with Crippen molar-refractivity contribution < 1.29 is 14.3 Å². The molecule has 2 amide bonds. The molecule has 2 saturated heterocycles. The maximum absolute atomic E-state index is 12.5. The van der Waals surface area contributed by atoms with E-state index in [2.05, 4.69) is 15.5 Å². The fraction of sp³-hybridized carbons (Fsp3) is 0.529. The average molecular weight is 317 g/mol. The Morgan fingerprint density at radius 1 is 1.39 bits per heavy atom. The lowest BCUT2D eigenvalue weighted by atomic mass is 10.1. The summed E-state index contributed by atoms with van der Waals surface area (Å²) in [6.07, 6.45) is 2.50. The number of aryl methyl sites for hydroxylation is 1. The van der Waals surface area contributed by atoms with Crippen LogP contribution in [0.2, 0.25) is 0 Å². The third-order valence-electron chi connectivity index (χ3n) is 4.68. The van der Waals surface area contributed by atoms with E-state index in [0.717, 1.165) is 18.4 Å². The first-order valence-electron chi connectivity index (χ1n) is 8.03. The normalized spacial score (nSPS) is 24.0. The smallest absolute Gasteiger partial charge is 0.238 e. The first-order valence-corrected chi connectivity index (χ1v) is 8.03. The van der Waals surface area contributed by atoms with Crippen LogP contribution in [0.5, 0.6) is 5.75 Å². The van der Waals surface area contributed by atoms with Crippen molar-refractivity contribution in [2.24, 2.45) is 0 Å². The summed E-state index contributed by atoms with van der Waals surface area (Å²) in [4.78, 5) is 26.3. The van der Waals surface area contributed by atoms with E-state index in [1.807, 2.05) is 25.1 Å². The molecule has 1 aromatic rings. The van der Waals surface area contributed by atoms with E-state index in [1.165, 1.54) is 0 Å². The number of anilines is 1. The summed E-state index contributed by atoms with van der Waals surface area (Å²) < 4.78 is 5.30. The van der Waals surface area contributed by atoms with E-state index in [-0.39, 0.29) is 23.9 Å². The van der Waals surface area contributed by atoms with E-state index >= 15 is 0 Å². The number of hydrogen-bond donors (Lipinski definition) is 2. The molecule has 0 aliphatic carbocycles. The first kappa shape index (κ1) is 15.8. The maximum Gasteiger partial charge on any atom is 0.238 e. The van der Waals surface area contributed by atoms with Crippen molar-refractivity contribution >= 4 is 17.5 Å². The highest BCUT2D eigenvalue weighted by molar-refractivity contribution is 5.94. The van der Waals surface area contributed by atoms with Gasteiger partial charge in [0.2, 0.25) is 11.8 Å². The Balaban J connectivity index is 1.68. The molecule has 2 heterocycles. The Morgan fingerprint density at radius 3 is 2.96 bits per heavy atom. The number of hydrogen-bond acceptors (Lipinski definition) is 4. The zero-order valence-electron chi connectivity index (χ0n) is 13.6. The van der Waals surface area contributed by atoms with Crippen LogP contribution in [0.3, 0.4) is 0 Å². The number of fused-ring (bicyclic) bond motifs is 2. The molecular weight excluding hydrogens is 294 g/mol. The van der Waals surface area contributed by atoms with Gasteiger partial charge in [-0.05, 0) is 37.5 Å². The number of benzene rings is 1. The lowest BCUT2D eigenvalue weighted by Gasteiger charge is -2.26. The second-order valence-corrected chi connectivity index (χ2v) is 6.32. The van der Waals surface area contributed by atoms with Crippen LogP contribution in [0.25, 0.3) is 0 Å². The van der Waals surface area contributed by atoms with E-state index in [0.29, 0.717) is 30.9 Å². The zero-order valence-corrected chi connectivity index (χ0v) is 13.6. The van der Waals surface area contributed by atoms with Crippen molar-refractivity contribution in [3.63, 3.8) is 0 Å². The Bertz CT molecular complexity index is 617. The fourth-order valence-electron chi connectivity index (χ4n) is 3.50. The van der Waals surface area contributed by atoms with Crippen LogP contribution >= 0.6 is 0 Å². The summed E-state index contributed by atoms with van der Waals surface area (Å²) in [6.45, 7) is 2.92. The largest absolute Gasteiger partial charge is 0.495 e. The molecule has 2 fully saturated rings. The van der Waals surface area contributed by atoms with Crippen LogP contribution in [-0.2, 0) is 9.59 Å². The van der Waals surface area contributed by atoms with Crippen molar-refractivity contribution in [2.75, 3.05) is 25.5 Å². The van der Waals surface area contributed by atoms with E-state index in [4.69, 9.17) is 4.74 Å². The van der Waals surface area contributed by atoms with Crippen molar-refractivity contribution in [2.45, 2.75) is 38.3 Å². The molecule has 2 aliphatic heterocycles. The molecule has 0 radical (unpaired) electrons. The number of rotatable bonds is 4. The molecule has 1 aromatic carbocycles. The van der Waals surface area contributed by atoms with Gasteiger partial charge < -0.3 is 15.4 Å². The minimum absolute atomic E-state index is 0.0693. The molecule has 0 aromatic heterocycles. The minimum Gasteiger partial charge on any atom is -0.495 e. The monoisotopic (exact) mass is 317 g/mol. The van der Waals surface area contributed by atoms with Crippen molar-refractivity contribution in [3.8, 4) is 5.75 Å². The van der Waals surface area contributed by atoms with Gasteiger partial charge in [0.25, 0.3) is 0 Å². The maximum atomic E-state index is 12.5. The van der Waals surface area contributed by atoms with Crippen LogP contribution in [0, 0.1) is 6.92 Å². The molecule has 0 saturated carbocycles. The summed E-state index contributed by atoms with van der Waals surface area (Å²) in [7, 11) is 1.59. The molecule has 6 heteroatoms. The molecule has 0 unspecified atom stereocenters.